The minimum Gasteiger partial charge on any atom is -0.376 e. The van der Waals surface area contributed by atoms with Crippen LogP contribution in [0.2, 0.25) is 10.0 Å². The minimum absolute atomic E-state index is 0.00354. The van der Waals surface area contributed by atoms with Gasteiger partial charge < -0.3 is 4.74 Å². The Hall–Kier alpha value is -1.99. The topological polar surface area (TPSA) is 55.3 Å². The molecule has 1 fully saturated rings. The number of anilines is 1. The molecule has 1 aliphatic heterocycles. The van der Waals surface area contributed by atoms with Gasteiger partial charge in [-0.15, -0.1) is 11.3 Å². The van der Waals surface area contributed by atoms with Crippen molar-refractivity contribution in [1.82, 2.24) is 9.97 Å². The van der Waals surface area contributed by atoms with Crippen LogP contribution in [0.5, 0.6) is 0 Å². The summed E-state index contributed by atoms with van der Waals surface area (Å²) in [7, 11) is 0. The fourth-order valence-electron chi connectivity index (χ4n) is 3.20. The van der Waals surface area contributed by atoms with Crippen LogP contribution in [0, 0.1) is 6.92 Å². The Labute approximate surface area is 183 Å². The van der Waals surface area contributed by atoms with Crippen molar-refractivity contribution < 1.29 is 9.53 Å². The van der Waals surface area contributed by atoms with Gasteiger partial charge in [-0.1, -0.05) is 23.2 Å². The highest BCUT2D eigenvalue weighted by molar-refractivity contribution is 7.14. The molecule has 3 aromatic rings. The van der Waals surface area contributed by atoms with Crippen LogP contribution in [0.4, 0.5) is 5.13 Å². The quantitative estimate of drug-likeness (QED) is 0.507. The van der Waals surface area contributed by atoms with E-state index in [2.05, 4.69) is 4.98 Å². The smallest absolute Gasteiger partial charge is 0.261 e. The summed E-state index contributed by atoms with van der Waals surface area (Å²) in [6, 6.07) is 8.91. The maximum Gasteiger partial charge on any atom is 0.261 e. The second-order valence-corrected chi connectivity index (χ2v) is 8.56. The first-order chi connectivity index (χ1) is 14.0. The molecule has 1 saturated heterocycles. The molecule has 1 aliphatic rings. The number of hydrogen-bond acceptors (Lipinski definition) is 5. The predicted molar refractivity (Wildman–Crippen MR) is 117 cm³/mol. The van der Waals surface area contributed by atoms with Crippen LogP contribution in [0.15, 0.2) is 41.9 Å². The molecule has 1 amide bonds. The second-order valence-electron chi connectivity index (χ2n) is 6.88. The zero-order chi connectivity index (χ0) is 20.4. The SMILES string of the molecule is Cc1ccc(C(=O)N(C[C@H]2CCCO2)c2nc(-c3ccc(Cl)cc3Cl)cs2)cn1. The molecular formula is C21H19Cl2N3O2S. The molecular weight excluding hydrogens is 429 g/mol. The molecule has 29 heavy (non-hydrogen) atoms. The van der Waals surface area contributed by atoms with Gasteiger partial charge in [0.1, 0.15) is 0 Å². The molecule has 4 rings (SSSR count). The molecule has 0 radical (unpaired) electrons. The van der Waals surface area contributed by atoms with Crippen molar-refractivity contribution >= 4 is 45.6 Å². The number of benzene rings is 1. The molecule has 5 nitrogen and oxygen atoms in total. The van der Waals surface area contributed by atoms with Gasteiger partial charge in [-0.3, -0.25) is 14.7 Å². The molecule has 3 heterocycles. The number of aromatic nitrogens is 2. The molecule has 0 unspecified atom stereocenters. The molecule has 2 aromatic heterocycles. The van der Waals surface area contributed by atoms with E-state index in [1.54, 1.807) is 29.3 Å². The number of nitrogens with zero attached hydrogens (tertiary/aromatic N) is 3. The Bertz CT molecular complexity index is 1020. The highest BCUT2D eigenvalue weighted by atomic mass is 35.5. The number of amides is 1. The van der Waals surface area contributed by atoms with Crippen LogP contribution in [-0.2, 0) is 4.74 Å². The molecule has 0 spiro atoms. The van der Waals surface area contributed by atoms with Crippen LogP contribution in [0.1, 0.15) is 28.9 Å². The number of pyridine rings is 1. The van der Waals surface area contributed by atoms with Crippen LogP contribution >= 0.6 is 34.5 Å². The van der Waals surface area contributed by atoms with E-state index in [1.807, 2.05) is 24.4 Å². The average molecular weight is 448 g/mol. The highest BCUT2D eigenvalue weighted by Gasteiger charge is 2.27. The summed E-state index contributed by atoms with van der Waals surface area (Å²) in [5, 5.41) is 3.59. The van der Waals surface area contributed by atoms with E-state index < -0.39 is 0 Å². The maximum atomic E-state index is 13.3. The number of ether oxygens (including phenoxy) is 1. The lowest BCUT2D eigenvalue weighted by Gasteiger charge is -2.23. The van der Waals surface area contributed by atoms with Gasteiger partial charge in [-0.2, -0.15) is 0 Å². The van der Waals surface area contributed by atoms with Crippen LogP contribution in [0.25, 0.3) is 11.3 Å². The fourth-order valence-corrected chi connectivity index (χ4v) is 4.54. The summed E-state index contributed by atoms with van der Waals surface area (Å²) in [6.07, 6.45) is 3.54. The Morgan fingerprint density at radius 3 is 2.86 bits per heavy atom. The Kier molecular flexibility index (Phi) is 6.15. The first-order valence-electron chi connectivity index (χ1n) is 9.28. The van der Waals surface area contributed by atoms with E-state index in [0.717, 1.165) is 30.7 Å². The van der Waals surface area contributed by atoms with Gasteiger partial charge in [-0.05, 0) is 50.1 Å². The van der Waals surface area contributed by atoms with Crippen molar-refractivity contribution in [2.45, 2.75) is 25.9 Å². The van der Waals surface area contributed by atoms with Crippen molar-refractivity contribution in [3.63, 3.8) is 0 Å². The summed E-state index contributed by atoms with van der Waals surface area (Å²) in [6.45, 7) is 3.07. The number of rotatable bonds is 5. The second kappa shape index (κ2) is 8.79. The number of carbonyl (C=O) groups is 1. The largest absolute Gasteiger partial charge is 0.376 e. The van der Waals surface area contributed by atoms with E-state index in [-0.39, 0.29) is 12.0 Å². The van der Waals surface area contributed by atoms with Gasteiger partial charge in [0.25, 0.3) is 5.91 Å². The third-order valence-corrected chi connectivity index (χ3v) is 6.16. The van der Waals surface area contributed by atoms with Crippen molar-refractivity contribution in [3.8, 4) is 11.3 Å². The van der Waals surface area contributed by atoms with E-state index >= 15 is 0 Å². The third kappa shape index (κ3) is 4.61. The van der Waals surface area contributed by atoms with Gasteiger partial charge in [0.05, 0.1) is 28.9 Å². The van der Waals surface area contributed by atoms with Gasteiger partial charge in [-0.25, -0.2) is 4.98 Å². The number of hydrogen-bond donors (Lipinski definition) is 0. The molecule has 1 aromatic carbocycles. The molecule has 0 aliphatic carbocycles. The van der Waals surface area contributed by atoms with Crippen molar-refractivity contribution in [2.24, 2.45) is 0 Å². The van der Waals surface area contributed by atoms with Gasteiger partial charge in [0.15, 0.2) is 5.13 Å². The molecule has 8 heteroatoms. The lowest BCUT2D eigenvalue weighted by Crippen LogP contribution is -2.37. The summed E-state index contributed by atoms with van der Waals surface area (Å²) in [5.41, 5.74) is 2.87. The minimum atomic E-state index is -0.142. The van der Waals surface area contributed by atoms with Gasteiger partial charge >= 0.3 is 0 Å². The summed E-state index contributed by atoms with van der Waals surface area (Å²) >= 11 is 13.7. The molecule has 0 N–H and O–H groups in total. The normalized spacial score (nSPS) is 16.2. The zero-order valence-electron chi connectivity index (χ0n) is 15.8. The van der Waals surface area contributed by atoms with E-state index in [0.29, 0.717) is 33.0 Å². The zero-order valence-corrected chi connectivity index (χ0v) is 18.1. The summed E-state index contributed by atoms with van der Waals surface area (Å²) < 4.78 is 5.77. The highest BCUT2D eigenvalue weighted by Crippen LogP contribution is 2.34. The lowest BCUT2D eigenvalue weighted by molar-refractivity contribution is 0.0917. The van der Waals surface area contributed by atoms with Crippen molar-refractivity contribution in [1.29, 1.82) is 0 Å². The molecule has 1 atom stereocenters. The maximum absolute atomic E-state index is 13.3. The van der Waals surface area contributed by atoms with Crippen LogP contribution in [-0.4, -0.2) is 35.1 Å². The fraction of sp³-hybridized carbons (Fsp3) is 0.286. The number of halogens is 2. The van der Waals surface area contributed by atoms with Crippen molar-refractivity contribution in [3.05, 3.63) is 63.2 Å². The van der Waals surface area contributed by atoms with Crippen LogP contribution in [0.3, 0.4) is 0 Å². The average Bonchev–Trinajstić information content (AvgIpc) is 3.38. The van der Waals surface area contributed by atoms with Gasteiger partial charge in [0.2, 0.25) is 0 Å². The Morgan fingerprint density at radius 2 is 2.17 bits per heavy atom. The lowest BCUT2D eigenvalue weighted by atomic mass is 10.2. The first kappa shape index (κ1) is 20.3. The van der Waals surface area contributed by atoms with E-state index in [9.17, 15) is 4.79 Å². The standard InChI is InChI=1S/C21H19Cl2N3O2S/c1-13-4-5-14(10-24-13)20(27)26(11-16-3-2-8-28-16)21-25-19(12-29-21)17-7-6-15(22)9-18(17)23/h4-7,9-10,12,16H,2-3,8,11H2,1H3/t16-/m1/s1. The number of thiazole rings is 1. The number of carbonyl (C=O) groups excluding carboxylic acids is 1. The third-order valence-electron chi connectivity index (χ3n) is 4.74. The summed E-state index contributed by atoms with van der Waals surface area (Å²) in [5.74, 6) is -0.142. The van der Waals surface area contributed by atoms with Crippen molar-refractivity contribution in [2.75, 3.05) is 18.1 Å². The molecule has 0 bridgehead atoms. The molecule has 0 saturated carbocycles. The number of aryl methyl sites for hydroxylation is 1. The van der Waals surface area contributed by atoms with Gasteiger partial charge in [0, 0.05) is 34.5 Å². The Balaban J connectivity index is 1.66. The summed E-state index contributed by atoms with van der Waals surface area (Å²) in [4.78, 5) is 23.9. The Morgan fingerprint density at radius 1 is 1.31 bits per heavy atom. The monoisotopic (exact) mass is 447 g/mol. The van der Waals surface area contributed by atoms with Crippen LogP contribution < -0.4 is 4.90 Å². The molecule has 150 valence electrons. The van der Waals surface area contributed by atoms with E-state index in [1.165, 1.54) is 11.3 Å². The first-order valence-corrected chi connectivity index (χ1v) is 10.9. The van der Waals surface area contributed by atoms with E-state index in [4.69, 9.17) is 32.9 Å². The predicted octanol–water partition coefficient (Wildman–Crippen LogP) is 5.65.